The van der Waals surface area contributed by atoms with E-state index in [1.807, 2.05) is 109 Å². The molecule has 6 aromatic rings. The number of rotatable bonds is 12. The van der Waals surface area contributed by atoms with Gasteiger partial charge in [0.15, 0.2) is 0 Å². The predicted octanol–water partition coefficient (Wildman–Crippen LogP) is 9.79. The van der Waals surface area contributed by atoms with Gasteiger partial charge in [-0.05, 0) is 115 Å². The number of hydrogen-bond acceptors (Lipinski definition) is 6. The zero-order valence-electron chi connectivity index (χ0n) is 35.5. The van der Waals surface area contributed by atoms with Crippen molar-refractivity contribution < 1.29 is 23.8 Å². The Kier molecular flexibility index (Phi) is 12.5. The first-order valence-corrected chi connectivity index (χ1v) is 22.1. The molecule has 3 aliphatic heterocycles. The number of carbonyl (C=O) groups excluding carboxylic acids is 2. The van der Waals surface area contributed by atoms with Gasteiger partial charge in [-0.3, -0.25) is 14.5 Å². The van der Waals surface area contributed by atoms with Crippen LogP contribution in [0.4, 0.5) is 5.69 Å². The molecule has 0 unspecified atom stereocenters. The topological polar surface area (TPSA) is 76.5 Å². The normalized spacial score (nSPS) is 16.3. The van der Waals surface area contributed by atoms with E-state index in [1.165, 1.54) is 11.1 Å². The van der Waals surface area contributed by atoms with Crippen molar-refractivity contribution in [2.75, 3.05) is 44.9 Å². The second kappa shape index (κ2) is 18.6. The molecule has 1 saturated heterocycles. The number of ether oxygens (including phenoxy) is 3. The average Bonchev–Trinajstić information content (AvgIpc) is 3.70. The molecule has 318 valence electrons. The number of aromatic nitrogens is 1. The standard InChI is InChI=1S/C52H53ClN4O5/c1-36-39(15-10-17-50(36)60-2)32-56(42-19-21-44(22-20-42)62-35-37-11-4-3-5-12-37)52(59)47-31-49(55-24-9-8-16-48(47)55)46-30-41(53)18-23-45(46)51(58)57-33-40-14-7-6-13-38(40)29-43(57)34-54-25-27-61-28-26-54/h3-7,10-15,17-23,30-31,43H,8-9,16,24-29,32-35H2,1-2H3/t43-/m0/s1. The van der Waals surface area contributed by atoms with Crippen molar-refractivity contribution >= 4 is 29.1 Å². The number of fused-ring (bicyclic) bond motifs is 2. The Morgan fingerprint density at radius 2 is 1.60 bits per heavy atom. The highest BCUT2D eigenvalue weighted by Gasteiger charge is 2.35. The molecule has 0 N–H and O–H groups in total. The molecule has 9 rings (SSSR count). The summed E-state index contributed by atoms with van der Waals surface area (Å²) in [5.41, 5.74) is 10.00. The Bertz CT molecular complexity index is 2550. The first-order valence-electron chi connectivity index (χ1n) is 21.8. The molecule has 3 aliphatic rings. The predicted molar refractivity (Wildman–Crippen MR) is 244 cm³/mol. The van der Waals surface area contributed by atoms with Crippen LogP contribution in [0.2, 0.25) is 5.02 Å². The van der Waals surface area contributed by atoms with Crippen molar-refractivity contribution in [1.82, 2.24) is 14.4 Å². The minimum atomic E-state index is -0.116. The van der Waals surface area contributed by atoms with Crippen LogP contribution in [0.5, 0.6) is 11.5 Å². The van der Waals surface area contributed by atoms with Crippen molar-refractivity contribution in [3.05, 3.63) is 171 Å². The number of benzene rings is 5. The molecule has 9 nitrogen and oxygen atoms in total. The van der Waals surface area contributed by atoms with Crippen molar-refractivity contribution in [3.63, 3.8) is 0 Å². The second-order valence-corrected chi connectivity index (χ2v) is 17.0. The van der Waals surface area contributed by atoms with E-state index < -0.39 is 0 Å². The number of nitrogens with zero attached hydrogens (tertiary/aromatic N) is 4. The van der Waals surface area contributed by atoms with Gasteiger partial charge in [0.2, 0.25) is 0 Å². The molecule has 10 heteroatoms. The zero-order chi connectivity index (χ0) is 42.6. The summed E-state index contributed by atoms with van der Waals surface area (Å²) in [7, 11) is 1.67. The van der Waals surface area contributed by atoms with Crippen molar-refractivity contribution in [2.45, 2.75) is 64.9 Å². The molecule has 1 aromatic heterocycles. The quantitative estimate of drug-likeness (QED) is 0.122. The molecule has 1 atom stereocenters. The van der Waals surface area contributed by atoms with Gasteiger partial charge in [0.25, 0.3) is 11.8 Å². The molecule has 0 bridgehead atoms. The van der Waals surface area contributed by atoms with Crippen LogP contribution in [-0.4, -0.2) is 72.2 Å². The molecular weight excluding hydrogens is 796 g/mol. The number of carbonyl (C=O) groups is 2. The molecule has 2 amide bonds. The third kappa shape index (κ3) is 8.75. The van der Waals surface area contributed by atoms with Crippen LogP contribution in [0, 0.1) is 6.92 Å². The van der Waals surface area contributed by atoms with Crippen LogP contribution in [0.1, 0.15) is 67.1 Å². The third-order valence-electron chi connectivity index (χ3n) is 12.7. The van der Waals surface area contributed by atoms with Crippen LogP contribution >= 0.6 is 11.6 Å². The summed E-state index contributed by atoms with van der Waals surface area (Å²) in [6, 6.07) is 39.8. The van der Waals surface area contributed by atoms with Gasteiger partial charge in [0.05, 0.1) is 32.4 Å². The Morgan fingerprint density at radius 1 is 0.823 bits per heavy atom. The number of methoxy groups -OCH3 is 1. The van der Waals surface area contributed by atoms with E-state index in [4.69, 9.17) is 25.8 Å². The maximum Gasteiger partial charge on any atom is 0.260 e. The van der Waals surface area contributed by atoms with Crippen LogP contribution in [0.15, 0.2) is 121 Å². The summed E-state index contributed by atoms with van der Waals surface area (Å²) in [4.78, 5) is 36.8. The summed E-state index contributed by atoms with van der Waals surface area (Å²) in [6.45, 7) is 7.92. The number of amides is 2. The molecule has 0 aliphatic carbocycles. The smallest absolute Gasteiger partial charge is 0.260 e. The zero-order valence-corrected chi connectivity index (χ0v) is 36.3. The summed E-state index contributed by atoms with van der Waals surface area (Å²) in [5.74, 6) is 1.34. The van der Waals surface area contributed by atoms with Crippen LogP contribution in [-0.2, 0) is 43.8 Å². The molecule has 1 fully saturated rings. The van der Waals surface area contributed by atoms with Gasteiger partial charge in [-0.1, -0.05) is 78.3 Å². The fourth-order valence-electron chi connectivity index (χ4n) is 9.34. The third-order valence-corrected chi connectivity index (χ3v) is 13.0. The fraction of sp³-hybridized carbons (Fsp3) is 0.308. The van der Waals surface area contributed by atoms with Gasteiger partial charge in [-0.2, -0.15) is 0 Å². The summed E-state index contributed by atoms with van der Waals surface area (Å²) >= 11 is 6.82. The first-order chi connectivity index (χ1) is 30.3. The highest BCUT2D eigenvalue weighted by atomic mass is 35.5. The second-order valence-electron chi connectivity index (χ2n) is 16.6. The van der Waals surface area contributed by atoms with Gasteiger partial charge in [0, 0.05) is 72.0 Å². The Hall–Kier alpha value is -5.87. The SMILES string of the molecule is COc1cccc(CN(C(=O)c2cc(-c3cc(Cl)ccc3C(=O)N3Cc4ccccc4C[C@H]3CN3CCOCC3)n3c2CCCC3)c2ccc(OCc3ccccc3)cc2)c1C. The number of halogens is 1. The van der Waals surface area contributed by atoms with E-state index in [-0.39, 0.29) is 17.9 Å². The van der Waals surface area contributed by atoms with Gasteiger partial charge in [-0.25, -0.2) is 0 Å². The van der Waals surface area contributed by atoms with Gasteiger partial charge < -0.3 is 28.6 Å². The lowest BCUT2D eigenvalue weighted by Gasteiger charge is -2.40. The van der Waals surface area contributed by atoms with E-state index in [2.05, 4.69) is 38.6 Å². The van der Waals surface area contributed by atoms with Crippen molar-refractivity contribution in [3.8, 4) is 22.8 Å². The highest BCUT2D eigenvalue weighted by Crippen LogP contribution is 2.38. The first kappa shape index (κ1) is 41.5. The maximum absolute atomic E-state index is 15.3. The Balaban J connectivity index is 1.08. The van der Waals surface area contributed by atoms with Crippen molar-refractivity contribution in [1.29, 1.82) is 0 Å². The van der Waals surface area contributed by atoms with E-state index >= 15 is 9.59 Å². The summed E-state index contributed by atoms with van der Waals surface area (Å²) in [6.07, 6.45) is 3.45. The Labute approximate surface area is 369 Å². The van der Waals surface area contributed by atoms with Gasteiger partial charge in [-0.15, -0.1) is 0 Å². The number of hydrogen-bond donors (Lipinski definition) is 0. The highest BCUT2D eigenvalue weighted by molar-refractivity contribution is 6.31. The maximum atomic E-state index is 15.3. The molecule has 4 heterocycles. The monoisotopic (exact) mass is 848 g/mol. The van der Waals surface area contributed by atoms with Crippen LogP contribution in [0.3, 0.4) is 0 Å². The average molecular weight is 849 g/mol. The Morgan fingerprint density at radius 3 is 2.39 bits per heavy atom. The molecule has 62 heavy (non-hydrogen) atoms. The van der Waals surface area contributed by atoms with Crippen LogP contribution in [0.25, 0.3) is 11.3 Å². The molecule has 0 saturated carbocycles. The minimum absolute atomic E-state index is 0.0128. The van der Waals surface area contributed by atoms with Gasteiger partial charge >= 0.3 is 0 Å². The van der Waals surface area contributed by atoms with Crippen molar-refractivity contribution in [2.24, 2.45) is 0 Å². The number of morpholine rings is 1. The lowest BCUT2D eigenvalue weighted by atomic mass is 9.92. The van der Waals surface area contributed by atoms with Crippen LogP contribution < -0.4 is 14.4 Å². The van der Waals surface area contributed by atoms with E-state index in [0.717, 1.165) is 96.9 Å². The fourth-order valence-corrected chi connectivity index (χ4v) is 9.51. The lowest BCUT2D eigenvalue weighted by molar-refractivity contribution is 0.0193. The lowest BCUT2D eigenvalue weighted by Crippen LogP contribution is -2.52. The molecule has 0 spiro atoms. The van der Waals surface area contributed by atoms with E-state index in [0.29, 0.717) is 54.8 Å². The summed E-state index contributed by atoms with van der Waals surface area (Å²) in [5, 5.41) is 0.536. The number of anilines is 1. The van der Waals surface area contributed by atoms with E-state index in [9.17, 15) is 0 Å². The molecule has 0 radical (unpaired) electrons. The summed E-state index contributed by atoms with van der Waals surface area (Å²) < 4.78 is 19.8. The molecular formula is C52H53ClN4O5. The molecule has 5 aromatic carbocycles. The largest absolute Gasteiger partial charge is 0.496 e. The minimum Gasteiger partial charge on any atom is -0.496 e. The van der Waals surface area contributed by atoms with Gasteiger partial charge in [0.1, 0.15) is 18.1 Å². The van der Waals surface area contributed by atoms with E-state index in [1.54, 1.807) is 7.11 Å².